The third-order valence-corrected chi connectivity index (χ3v) is 4.87. The van der Waals surface area contributed by atoms with Crippen molar-refractivity contribution in [2.45, 2.75) is 11.4 Å². The SMILES string of the molecule is COCCN(Cc1ccoc1)S(=O)(=O)c1ccc(F)cc1F. The van der Waals surface area contributed by atoms with Crippen LogP contribution in [0.25, 0.3) is 0 Å². The van der Waals surface area contributed by atoms with E-state index < -0.39 is 26.6 Å². The van der Waals surface area contributed by atoms with E-state index in [4.69, 9.17) is 9.15 Å². The minimum absolute atomic E-state index is 0.000982. The van der Waals surface area contributed by atoms with E-state index in [-0.39, 0.29) is 19.7 Å². The van der Waals surface area contributed by atoms with Gasteiger partial charge in [0, 0.05) is 31.8 Å². The van der Waals surface area contributed by atoms with Crippen molar-refractivity contribution in [1.82, 2.24) is 4.31 Å². The van der Waals surface area contributed by atoms with E-state index in [1.807, 2.05) is 0 Å². The van der Waals surface area contributed by atoms with Crippen LogP contribution in [0.5, 0.6) is 0 Å². The van der Waals surface area contributed by atoms with Gasteiger partial charge in [-0.2, -0.15) is 4.31 Å². The van der Waals surface area contributed by atoms with Gasteiger partial charge in [0.25, 0.3) is 0 Å². The van der Waals surface area contributed by atoms with Gasteiger partial charge in [-0.3, -0.25) is 0 Å². The summed E-state index contributed by atoms with van der Waals surface area (Å²) in [6.45, 7) is 0.166. The maximum absolute atomic E-state index is 13.8. The maximum atomic E-state index is 13.8. The highest BCUT2D eigenvalue weighted by atomic mass is 32.2. The molecule has 0 spiro atoms. The summed E-state index contributed by atoms with van der Waals surface area (Å²) in [4.78, 5) is -0.575. The molecule has 120 valence electrons. The quantitative estimate of drug-likeness (QED) is 0.782. The number of halogens is 2. The van der Waals surface area contributed by atoms with Crippen LogP contribution in [0, 0.1) is 11.6 Å². The van der Waals surface area contributed by atoms with E-state index in [1.54, 1.807) is 6.07 Å². The number of hydrogen-bond acceptors (Lipinski definition) is 4. The number of methoxy groups -OCH3 is 1. The minimum Gasteiger partial charge on any atom is -0.472 e. The summed E-state index contributed by atoms with van der Waals surface area (Å²) in [7, 11) is -2.70. The lowest BCUT2D eigenvalue weighted by atomic mass is 10.3. The Morgan fingerprint density at radius 3 is 2.64 bits per heavy atom. The topological polar surface area (TPSA) is 59.8 Å². The van der Waals surface area contributed by atoms with Crippen molar-refractivity contribution in [2.24, 2.45) is 0 Å². The molecule has 1 aromatic carbocycles. The molecule has 0 amide bonds. The van der Waals surface area contributed by atoms with E-state index in [1.165, 1.54) is 19.6 Å². The molecule has 0 N–H and O–H groups in total. The largest absolute Gasteiger partial charge is 0.472 e. The number of nitrogens with zero attached hydrogens (tertiary/aromatic N) is 1. The third kappa shape index (κ3) is 3.70. The Morgan fingerprint density at radius 2 is 2.05 bits per heavy atom. The number of ether oxygens (including phenoxy) is 1. The van der Waals surface area contributed by atoms with Crippen molar-refractivity contribution in [3.8, 4) is 0 Å². The molecular formula is C14H15F2NO4S. The van der Waals surface area contributed by atoms with Crippen LogP contribution < -0.4 is 0 Å². The van der Waals surface area contributed by atoms with Crippen LogP contribution in [0.1, 0.15) is 5.56 Å². The first-order chi connectivity index (χ1) is 10.4. The third-order valence-electron chi connectivity index (χ3n) is 3.00. The van der Waals surface area contributed by atoms with E-state index >= 15 is 0 Å². The molecule has 0 atom stereocenters. The number of furan rings is 1. The summed E-state index contributed by atoms with van der Waals surface area (Å²) < 4.78 is 62.8. The van der Waals surface area contributed by atoms with E-state index in [2.05, 4.69) is 0 Å². The normalized spacial score (nSPS) is 12.0. The van der Waals surface area contributed by atoms with Gasteiger partial charge in [-0.05, 0) is 18.2 Å². The predicted octanol–water partition coefficient (Wildman–Crippen LogP) is 2.40. The Kier molecular flexibility index (Phi) is 5.28. The maximum Gasteiger partial charge on any atom is 0.246 e. The van der Waals surface area contributed by atoms with Crippen LogP contribution in [-0.4, -0.2) is 33.0 Å². The molecule has 5 nitrogen and oxygen atoms in total. The molecule has 1 heterocycles. The van der Waals surface area contributed by atoms with Crippen LogP contribution >= 0.6 is 0 Å². The second-order valence-corrected chi connectivity index (χ2v) is 6.44. The first-order valence-electron chi connectivity index (χ1n) is 6.40. The monoisotopic (exact) mass is 331 g/mol. The molecule has 0 fully saturated rings. The second kappa shape index (κ2) is 6.99. The number of sulfonamides is 1. The fourth-order valence-electron chi connectivity index (χ4n) is 1.89. The van der Waals surface area contributed by atoms with Gasteiger partial charge in [0.15, 0.2) is 0 Å². The smallest absolute Gasteiger partial charge is 0.246 e. The average Bonchev–Trinajstić information content (AvgIpc) is 2.95. The van der Waals surface area contributed by atoms with E-state index in [0.29, 0.717) is 11.6 Å². The molecular weight excluding hydrogens is 316 g/mol. The molecule has 0 saturated heterocycles. The van der Waals surface area contributed by atoms with Crippen molar-refractivity contribution in [2.75, 3.05) is 20.3 Å². The van der Waals surface area contributed by atoms with E-state index in [9.17, 15) is 17.2 Å². The van der Waals surface area contributed by atoms with Gasteiger partial charge in [-0.1, -0.05) is 0 Å². The molecule has 8 heteroatoms. The molecule has 2 rings (SSSR count). The van der Waals surface area contributed by atoms with Crippen LogP contribution in [0.3, 0.4) is 0 Å². The molecule has 0 radical (unpaired) electrons. The van der Waals surface area contributed by atoms with Crippen LogP contribution in [-0.2, 0) is 21.3 Å². The van der Waals surface area contributed by atoms with Gasteiger partial charge < -0.3 is 9.15 Å². The number of rotatable bonds is 7. The lowest BCUT2D eigenvalue weighted by Crippen LogP contribution is -2.34. The molecule has 0 unspecified atom stereocenters. The predicted molar refractivity (Wildman–Crippen MR) is 74.5 cm³/mol. The van der Waals surface area contributed by atoms with Crippen LogP contribution in [0.15, 0.2) is 46.1 Å². The van der Waals surface area contributed by atoms with Gasteiger partial charge >= 0.3 is 0 Å². The zero-order valence-electron chi connectivity index (χ0n) is 11.8. The standard InChI is InChI=1S/C14H15F2NO4S/c1-20-7-5-17(9-11-4-6-21-10-11)22(18,19)14-3-2-12(15)8-13(14)16/h2-4,6,8,10H,5,7,9H2,1H3. The Labute approximate surface area is 127 Å². The molecule has 0 bridgehead atoms. The van der Waals surface area contributed by atoms with Crippen LogP contribution in [0.4, 0.5) is 8.78 Å². The summed E-state index contributed by atoms with van der Waals surface area (Å²) in [5, 5.41) is 0. The highest BCUT2D eigenvalue weighted by molar-refractivity contribution is 7.89. The molecule has 2 aromatic rings. The van der Waals surface area contributed by atoms with Crippen molar-refractivity contribution in [3.05, 3.63) is 54.0 Å². The Hall–Kier alpha value is -1.77. The lowest BCUT2D eigenvalue weighted by molar-refractivity contribution is 0.177. The summed E-state index contributed by atoms with van der Waals surface area (Å²) in [5.41, 5.74) is 0.613. The Morgan fingerprint density at radius 1 is 1.27 bits per heavy atom. The van der Waals surface area contributed by atoms with Crippen LogP contribution in [0.2, 0.25) is 0 Å². The number of hydrogen-bond donors (Lipinski definition) is 0. The zero-order chi connectivity index (χ0) is 16.2. The molecule has 0 aliphatic carbocycles. The van der Waals surface area contributed by atoms with Crippen molar-refractivity contribution in [3.63, 3.8) is 0 Å². The average molecular weight is 331 g/mol. The molecule has 0 aliphatic rings. The molecule has 22 heavy (non-hydrogen) atoms. The molecule has 0 aliphatic heterocycles. The van der Waals surface area contributed by atoms with Gasteiger partial charge in [0.2, 0.25) is 10.0 Å². The van der Waals surface area contributed by atoms with E-state index in [0.717, 1.165) is 16.4 Å². The lowest BCUT2D eigenvalue weighted by Gasteiger charge is -2.21. The first kappa shape index (κ1) is 16.6. The van der Waals surface area contributed by atoms with Crippen molar-refractivity contribution in [1.29, 1.82) is 0 Å². The highest BCUT2D eigenvalue weighted by Gasteiger charge is 2.28. The summed E-state index contributed by atoms with van der Waals surface area (Å²) in [6, 6.07) is 3.97. The Bertz CT molecular complexity index is 716. The summed E-state index contributed by atoms with van der Waals surface area (Å²) in [6.07, 6.45) is 2.81. The minimum atomic E-state index is -4.13. The fraction of sp³-hybridized carbons (Fsp3) is 0.286. The molecule has 0 saturated carbocycles. The molecule has 1 aromatic heterocycles. The summed E-state index contributed by atoms with van der Waals surface area (Å²) >= 11 is 0. The first-order valence-corrected chi connectivity index (χ1v) is 7.84. The van der Waals surface area contributed by atoms with Gasteiger partial charge in [0.1, 0.15) is 16.5 Å². The van der Waals surface area contributed by atoms with Gasteiger partial charge in [-0.25, -0.2) is 17.2 Å². The van der Waals surface area contributed by atoms with Gasteiger partial charge in [-0.15, -0.1) is 0 Å². The van der Waals surface area contributed by atoms with Crippen molar-refractivity contribution >= 4 is 10.0 Å². The fourth-order valence-corrected chi connectivity index (χ4v) is 3.34. The number of benzene rings is 1. The Balaban J connectivity index is 2.35. The van der Waals surface area contributed by atoms with Gasteiger partial charge in [0.05, 0.1) is 19.1 Å². The zero-order valence-corrected chi connectivity index (χ0v) is 12.6. The highest BCUT2D eigenvalue weighted by Crippen LogP contribution is 2.22. The summed E-state index contributed by atoms with van der Waals surface area (Å²) in [5.74, 6) is -1.97. The van der Waals surface area contributed by atoms with Crippen molar-refractivity contribution < 1.29 is 26.4 Å². The second-order valence-electron chi connectivity index (χ2n) is 4.54.